The topological polar surface area (TPSA) is 97.6 Å². The molecule has 1 atom stereocenters. The Kier molecular flexibility index (Phi) is 10.3. The summed E-state index contributed by atoms with van der Waals surface area (Å²) in [6.45, 7) is 7.77. The van der Waals surface area contributed by atoms with Crippen LogP contribution in [0.1, 0.15) is 50.4 Å². The van der Waals surface area contributed by atoms with Gasteiger partial charge in [0.15, 0.2) is 27.8 Å². The predicted octanol–water partition coefficient (Wildman–Crippen LogP) is 6.99. The second-order valence-electron chi connectivity index (χ2n) is 11.8. The molecule has 11 heteroatoms. The molecule has 1 aliphatic heterocycles. The van der Waals surface area contributed by atoms with Gasteiger partial charge in [-0.15, -0.1) is 0 Å². The number of rotatable bonds is 11. The van der Waals surface area contributed by atoms with Crippen LogP contribution < -0.4 is 33.8 Å². The molecule has 0 bridgehead atoms. The van der Waals surface area contributed by atoms with Crippen molar-refractivity contribution in [1.82, 2.24) is 4.57 Å². The number of hydrogen-bond donors (Lipinski definition) is 0. The van der Waals surface area contributed by atoms with E-state index in [-0.39, 0.29) is 30.5 Å². The van der Waals surface area contributed by atoms with Crippen LogP contribution in [-0.2, 0) is 16.1 Å². The van der Waals surface area contributed by atoms with Gasteiger partial charge in [0.05, 0.1) is 53.8 Å². The lowest BCUT2D eigenvalue weighted by molar-refractivity contribution is -0.139. The van der Waals surface area contributed by atoms with Gasteiger partial charge in [0.25, 0.3) is 5.56 Å². The first kappa shape index (κ1) is 34.8. The number of carbonyl (C=O) groups is 1. The minimum absolute atomic E-state index is 0.0818. The summed E-state index contributed by atoms with van der Waals surface area (Å²) in [5.74, 6) is 1.29. The highest BCUT2D eigenvalue weighted by molar-refractivity contribution is 7.07. The molecule has 0 saturated carbocycles. The Labute approximate surface area is 298 Å². The molecule has 9 nitrogen and oxygen atoms in total. The quantitative estimate of drug-likeness (QED) is 0.136. The van der Waals surface area contributed by atoms with Crippen LogP contribution in [0.5, 0.6) is 23.0 Å². The van der Waals surface area contributed by atoms with Crippen molar-refractivity contribution in [2.45, 2.75) is 46.4 Å². The van der Waals surface area contributed by atoms with Gasteiger partial charge in [0.1, 0.15) is 6.61 Å². The SMILES string of the molecule is CCOC(=O)C1=C(C)N=c2s/c(=C\c3cc(Cl)c(OCc4cccc5ccccc45)c(OC)c3)c(=O)n2[C@@H]1c1ccc(OC(C)C)c(OC)c1. The third-order valence-corrected chi connectivity index (χ3v) is 9.45. The highest BCUT2D eigenvalue weighted by atomic mass is 35.5. The molecule has 1 aliphatic rings. The normalized spacial score (nSPS) is 14.4. The van der Waals surface area contributed by atoms with Gasteiger partial charge in [-0.25, -0.2) is 9.79 Å². The molecule has 0 unspecified atom stereocenters. The van der Waals surface area contributed by atoms with E-state index in [2.05, 4.69) is 23.2 Å². The number of carbonyl (C=O) groups excluding carboxylic acids is 1. The zero-order chi connectivity index (χ0) is 35.5. The number of esters is 1. The van der Waals surface area contributed by atoms with Crippen molar-refractivity contribution in [2.24, 2.45) is 4.99 Å². The summed E-state index contributed by atoms with van der Waals surface area (Å²) in [5, 5.41) is 2.54. The zero-order valence-electron chi connectivity index (χ0n) is 28.6. The van der Waals surface area contributed by atoms with Gasteiger partial charge in [-0.2, -0.15) is 0 Å². The van der Waals surface area contributed by atoms with Crippen LogP contribution in [0.15, 0.2) is 93.9 Å². The second-order valence-corrected chi connectivity index (χ2v) is 13.3. The number of thiazole rings is 1. The second kappa shape index (κ2) is 14.8. The molecule has 0 saturated heterocycles. The van der Waals surface area contributed by atoms with Crippen molar-refractivity contribution < 1.29 is 28.5 Å². The number of aromatic nitrogens is 1. The summed E-state index contributed by atoms with van der Waals surface area (Å²) in [6.07, 6.45) is 1.65. The van der Waals surface area contributed by atoms with E-state index in [4.69, 9.17) is 35.3 Å². The number of methoxy groups -OCH3 is 2. The van der Waals surface area contributed by atoms with E-state index in [1.807, 2.05) is 44.2 Å². The number of fused-ring (bicyclic) bond motifs is 2. The monoisotopic (exact) mass is 712 g/mol. The first-order valence-electron chi connectivity index (χ1n) is 16.1. The van der Waals surface area contributed by atoms with Crippen LogP contribution in [0.2, 0.25) is 5.02 Å². The average Bonchev–Trinajstić information content (AvgIpc) is 3.40. The minimum Gasteiger partial charge on any atom is -0.493 e. The van der Waals surface area contributed by atoms with Crippen molar-refractivity contribution in [3.8, 4) is 23.0 Å². The molecule has 0 spiro atoms. The summed E-state index contributed by atoms with van der Waals surface area (Å²) in [6, 6.07) is 22.2. The standard InChI is InChI=1S/C39H37ClN2O7S/c1-7-47-38(44)34-23(4)41-39-42(35(34)26-15-16-30(49-22(2)3)31(20-26)45-5)37(43)33(50-39)19-24-17-29(40)36(32(18-24)46-6)48-21-27-13-10-12-25-11-8-9-14-28(25)27/h8-20,22,35H,7,21H2,1-6H3/b33-19-/t35-/m1/s1. The van der Waals surface area contributed by atoms with Crippen LogP contribution in [-0.4, -0.2) is 37.5 Å². The molecule has 0 N–H and O–H groups in total. The van der Waals surface area contributed by atoms with Crippen molar-refractivity contribution >= 4 is 45.8 Å². The van der Waals surface area contributed by atoms with E-state index in [0.29, 0.717) is 54.2 Å². The Morgan fingerprint density at radius 1 is 1.00 bits per heavy atom. The Morgan fingerprint density at radius 2 is 1.76 bits per heavy atom. The van der Waals surface area contributed by atoms with Gasteiger partial charge < -0.3 is 23.7 Å². The summed E-state index contributed by atoms with van der Waals surface area (Å²) < 4.78 is 30.8. The maximum Gasteiger partial charge on any atom is 0.338 e. The maximum absolute atomic E-state index is 14.2. The molecular formula is C39H37ClN2O7S. The summed E-state index contributed by atoms with van der Waals surface area (Å²) in [5.41, 5.74) is 2.67. The van der Waals surface area contributed by atoms with Crippen molar-refractivity contribution in [2.75, 3.05) is 20.8 Å². The number of nitrogens with zero attached hydrogens (tertiary/aromatic N) is 2. The summed E-state index contributed by atoms with van der Waals surface area (Å²) >= 11 is 7.99. The molecule has 0 aliphatic carbocycles. The molecule has 0 fully saturated rings. The van der Waals surface area contributed by atoms with Crippen LogP contribution >= 0.6 is 22.9 Å². The predicted molar refractivity (Wildman–Crippen MR) is 195 cm³/mol. The molecule has 6 rings (SSSR count). The molecule has 5 aromatic rings. The number of allylic oxidation sites excluding steroid dienone is 1. The fourth-order valence-electron chi connectivity index (χ4n) is 6.00. The van der Waals surface area contributed by atoms with E-state index in [9.17, 15) is 9.59 Å². The van der Waals surface area contributed by atoms with Gasteiger partial charge in [-0.1, -0.05) is 71.5 Å². The first-order chi connectivity index (χ1) is 24.1. The van der Waals surface area contributed by atoms with Crippen LogP contribution in [0.4, 0.5) is 0 Å². The first-order valence-corrected chi connectivity index (χ1v) is 17.3. The van der Waals surface area contributed by atoms with Gasteiger partial charge in [-0.3, -0.25) is 9.36 Å². The minimum atomic E-state index is -0.822. The smallest absolute Gasteiger partial charge is 0.338 e. The molecular weight excluding hydrogens is 676 g/mol. The van der Waals surface area contributed by atoms with Crippen molar-refractivity contribution in [3.05, 3.63) is 125 Å². The zero-order valence-corrected chi connectivity index (χ0v) is 30.2. The van der Waals surface area contributed by atoms with Crippen molar-refractivity contribution in [3.63, 3.8) is 0 Å². The Bertz CT molecular complexity index is 2300. The number of benzene rings is 4. The summed E-state index contributed by atoms with van der Waals surface area (Å²) in [7, 11) is 3.09. The van der Waals surface area contributed by atoms with E-state index >= 15 is 0 Å². The van der Waals surface area contributed by atoms with Gasteiger partial charge in [-0.05, 0) is 85.5 Å². The lowest BCUT2D eigenvalue weighted by atomic mass is 9.95. The molecule has 2 heterocycles. The Balaban J connectivity index is 1.41. The lowest BCUT2D eigenvalue weighted by Crippen LogP contribution is -2.40. The maximum atomic E-state index is 14.2. The van der Waals surface area contributed by atoms with E-state index < -0.39 is 12.0 Å². The largest absolute Gasteiger partial charge is 0.493 e. The average molecular weight is 713 g/mol. The molecule has 0 radical (unpaired) electrons. The van der Waals surface area contributed by atoms with E-state index in [1.54, 1.807) is 58.4 Å². The Morgan fingerprint density at radius 3 is 2.50 bits per heavy atom. The van der Waals surface area contributed by atoms with Gasteiger partial charge in [0.2, 0.25) is 0 Å². The van der Waals surface area contributed by atoms with Gasteiger partial charge >= 0.3 is 5.97 Å². The van der Waals surface area contributed by atoms with E-state index in [1.165, 1.54) is 15.9 Å². The molecule has 258 valence electrons. The highest BCUT2D eigenvalue weighted by Gasteiger charge is 2.34. The molecule has 50 heavy (non-hydrogen) atoms. The number of halogens is 1. The lowest BCUT2D eigenvalue weighted by Gasteiger charge is -2.25. The highest BCUT2D eigenvalue weighted by Crippen LogP contribution is 2.39. The van der Waals surface area contributed by atoms with Crippen LogP contribution in [0.3, 0.4) is 0 Å². The van der Waals surface area contributed by atoms with Crippen molar-refractivity contribution in [1.29, 1.82) is 0 Å². The Hall–Kier alpha value is -5.06. The number of hydrogen-bond acceptors (Lipinski definition) is 9. The van der Waals surface area contributed by atoms with E-state index in [0.717, 1.165) is 16.3 Å². The van der Waals surface area contributed by atoms with Crippen LogP contribution in [0, 0.1) is 0 Å². The molecule has 0 amide bonds. The third-order valence-electron chi connectivity index (χ3n) is 8.18. The fraction of sp³-hybridized carbons (Fsp3) is 0.256. The molecule has 4 aromatic carbocycles. The summed E-state index contributed by atoms with van der Waals surface area (Å²) in [4.78, 5) is 32.7. The van der Waals surface area contributed by atoms with Gasteiger partial charge in [0, 0.05) is 0 Å². The fourth-order valence-corrected chi connectivity index (χ4v) is 7.32. The van der Waals surface area contributed by atoms with Crippen LogP contribution in [0.25, 0.3) is 16.8 Å². The molecule has 1 aromatic heterocycles. The number of ether oxygens (including phenoxy) is 5. The third kappa shape index (κ3) is 6.86.